The summed E-state index contributed by atoms with van der Waals surface area (Å²) in [7, 11) is 0. The number of benzene rings is 1. The summed E-state index contributed by atoms with van der Waals surface area (Å²) in [6.07, 6.45) is 0. The van der Waals surface area contributed by atoms with Crippen LogP contribution in [0.15, 0.2) is 18.2 Å². The van der Waals surface area contributed by atoms with E-state index in [4.69, 9.17) is 11.6 Å². The summed E-state index contributed by atoms with van der Waals surface area (Å²) in [4.78, 5) is 17.0. The summed E-state index contributed by atoms with van der Waals surface area (Å²) in [6.45, 7) is 5.64. The van der Waals surface area contributed by atoms with E-state index in [1.165, 1.54) is 11.3 Å². The molecule has 18 heavy (non-hydrogen) atoms. The molecule has 1 heterocycles. The van der Waals surface area contributed by atoms with Crippen molar-refractivity contribution in [1.82, 2.24) is 4.98 Å². The first-order valence-electron chi connectivity index (χ1n) is 5.49. The van der Waals surface area contributed by atoms with Crippen molar-refractivity contribution < 1.29 is 4.79 Å². The normalized spacial score (nSPS) is 10.4. The molecule has 2 aromatic rings. The number of anilines is 1. The first kappa shape index (κ1) is 13.1. The molecule has 0 aliphatic carbocycles. The minimum atomic E-state index is -0.122. The van der Waals surface area contributed by atoms with E-state index in [9.17, 15) is 4.79 Å². The van der Waals surface area contributed by atoms with Gasteiger partial charge in [-0.15, -0.1) is 11.3 Å². The number of nitrogens with zero attached hydrogens (tertiary/aromatic N) is 1. The minimum Gasteiger partial charge on any atom is -0.321 e. The lowest BCUT2D eigenvalue weighted by Gasteiger charge is -2.07. The standard InChI is InChI=1S/C13H13ClN2OS/c1-7-6-10(14)4-5-11(7)16-13(17)12-8(2)15-9(3)18-12/h4-6H,1-3H3,(H,16,17). The molecule has 0 aliphatic heterocycles. The molecule has 0 aliphatic rings. The summed E-state index contributed by atoms with van der Waals surface area (Å²) in [5, 5.41) is 4.44. The summed E-state index contributed by atoms with van der Waals surface area (Å²) in [6, 6.07) is 5.38. The highest BCUT2D eigenvalue weighted by Gasteiger charge is 2.14. The summed E-state index contributed by atoms with van der Waals surface area (Å²) >= 11 is 7.28. The quantitative estimate of drug-likeness (QED) is 0.904. The Morgan fingerprint density at radius 1 is 1.33 bits per heavy atom. The van der Waals surface area contributed by atoms with E-state index < -0.39 is 0 Å². The third-order valence-corrected chi connectivity index (χ3v) is 3.85. The summed E-state index contributed by atoms with van der Waals surface area (Å²) in [5.74, 6) is -0.122. The van der Waals surface area contributed by atoms with Gasteiger partial charge in [-0.05, 0) is 44.5 Å². The number of carbonyl (C=O) groups is 1. The van der Waals surface area contributed by atoms with Gasteiger partial charge in [0, 0.05) is 10.7 Å². The van der Waals surface area contributed by atoms with E-state index >= 15 is 0 Å². The molecule has 94 valence electrons. The molecule has 3 nitrogen and oxygen atoms in total. The van der Waals surface area contributed by atoms with Crippen LogP contribution in [0.1, 0.15) is 25.9 Å². The molecule has 1 N–H and O–H groups in total. The van der Waals surface area contributed by atoms with Crippen molar-refractivity contribution in [3.05, 3.63) is 44.4 Å². The molecule has 0 unspecified atom stereocenters. The van der Waals surface area contributed by atoms with Gasteiger partial charge in [0.25, 0.3) is 5.91 Å². The fourth-order valence-corrected chi connectivity index (χ4v) is 2.73. The molecule has 1 aromatic carbocycles. The Labute approximate surface area is 115 Å². The predicted octanol–water partition coefficient (Wildman–Crippen LogP) is 3.97. The Kier molecular flexibility index (Phi) is 3.68. The zero-order chi connectivity index (χ0) is 13.3. The molecule has 0 bridgehead atoms. The predicted molar refractivity (Wildman–Crippen MR) is 75.7 cm³/mol. The van der Waals surface area contributed by atoms with E-state index in [0.717, 1.165) is 22.0 Å². The SMILES string of the molecule is Cc1nc(C)c(C(=O)Nc2ccc(Cl)cc2C)s1. The number of thiazole rings is 1. The molecule has 0 atom stereocenters. The molecule has 1 aromatic heterocycles. The number of aromatic nitrogens is 1. The minimum absolute atomic E-state index is 0.122. The number of nitrogens with one attached hydrogen (secondary N) is 1. The van der Waals surface area contributed by atoms with Crippen molar-refractivity contribution in [2.24, 2.45) is 0 Å². The van der Waals surface area contributed by atoms with Crippen LogP contribution < -0.4 is 5.32 Å². The van der Waals surface area contributed by atoms with Crippen LogP contribution >= 0.6 is 22.9 Å². The van der Waals surface area contributed by atoms with Gasteiger partial charge in [0.2, 0.25) is 0 Å². The van der Waals surface area contributed by atoms with Crippen LogP contribution in [0.4, 0.5) is 5.69 Å². The lowest BCUT2D eigenvalue weighted by Crippen LogP contribution is -2.12. The monoisotopic (exact) mass is 280 g/mol. The van der Waals surface area contributed by atoms with E-state index in [1.807, 2.05) is 26.8 Å². The van der Waals surface area contributed by atoms with E-state index in [2.05, 4.69) is 10.3 Å². The van der Waals surface area contributed by atoms with Crippen LogP contribution in [0.25, 0.3) is 0 Å². The second kappa shape index (κ2) is 5.08. The number of aryl methyl sites for hydroxylation is 3. The van der Waals surface area contributed by atoms with Gasteiger partial charge < -0.3 is 5.32 Å². The lowest BCUT2D eigenvalue weighted by molar-refractivity contribution is 0.102. The van der Waals surface area contributed by atoms with Gasteiger partial charge in [0.1, 0.15) is 4.88 Å². The maximum atomic E-state index is 12.1. The van der Waals surface area contributed by atoms with Crippen LogP contribution in [0.3, 0.4) is 0 Å². The third-order valence-electron chi connectivity index (χ3n) is 2.55. The van der Waals surface area contributed by atoms with Crippen molar-refractivity contribution in [2.75, 3.05) is 5.32 Å². The highest BCUT2D eigenvalue weighted by Crippen LogP contribution is 2.22. The van der Waals surface area contributed by atoms with Gasteiger partial charge in [0.15, 0.2) is 0 Å². The van der Waals surface area contributed by atoms with Crippen LogP contribution in [0.2, 0.25) is 5.02 Å². The molecule has 0 radical (unpaired) electrons. The lowest BCUT2D eigenvalue weighted by atomic mass is 10.2. The van der Waals surface area contributed by atoms with Crippen LogP contribution in [-0.4, -0.2) is 10.9 Å². The topological polar surface area (TPSA) is 42.0 Å². The van der Waals surface area contributed by atoms with E-state index in [-0.39, 0.29) is 5.91 Å². The van der Waals surface area contributed by atoms with Crippen LogP contribution in [-0.2, 0) is 0 Å². The maximum Gasteiger partial charge on any atom is 0.267 e. The Morgan fingerprint density at radius 2 is 2.06 bits per heavy atom. The first-order valence-corrected chi connectivity index (χ1v) is 6.68. The largest absolute Gasteiger partial charge is 0.321 e. The number of halogens is 1. The maximum absolute atomic E-state index is 12.1. The summed E-state index contributed by atoms with van der Waals surface area (Å²) < 4.78 is 0. The number of hydrogen-bond donors (Lipinski definition) is 1. The zero-order valence-corrected chi connectivity index (χ0v) is 11.9. The zero-order valence-electron chi connectivity index (χ0n) is 10.4. The molecular formula is C13H13ClN2OS. The highest BCUT2D eigenvalue weighted by atomic mass is 35.5. The van der Waals surface area contributed by atoms with E-state index in [1.54, 1.807) is 12.1 Å². The Balaban J connectivity index is 2.24. The van der Waals surface area contributed by atoms with Crippen molar-refractivity contribution >= 4 is 34.5 Å². The average Bonchev–Trinajstić information content (AvgIpc) is 2.62. The highest BCUT2D eigenvalue weighted by molar-refractivity contribution is 7.13. The molecule has 0 saturated heterocycles. The Hall–Kier alpha value is -1.39. The number of carbonyl (C=O) groups excluding carboxylic acids is 1. The van der Waals surface area contributed by atoms with Gasteiger partial charge in [-0.2, -0.15) is 0 Å². The number of amides is 1. The Morgan fingerprint density at radius 3 is 2.61 bits per heavy atom. The fraction of sp³-hybridized carbons (Fsp3) is 0.231. The van der Waals surface area contributed by atoms with Gasteiger partial charge >= 0.3 is 0 Å². The molecule has 0 saturated carbocycles. The van der Waals surface area contributed by atoms with E-state index in [0.29, 0.717) is 9.90 Å². The number of rotatable bonds is 2. The van der Waals surface area contributed by atoms with Crippen molar-refractivity contribution in [1.29, 1.82) is 0 Å². The van der Waals surface area contributed by atoms with Crippen LogP contribution in [0, 0.1) is 20.8 Å². The Bertz CT molecular complexity index is 607. The molecule has 0 fully saturated rings. The van der Waals surface area contributed by atoms with Crippen LogP contribution in [0.5, 0.6) is 0 Å². The summed E-state index contributed by atoms with van der Waals surface area (Å²) in [5.41, 5.74) is 2.48. The number of hydrogen-bond acceptors (Lipinski definition) is 3. The van der Waals surface area contributed by atoms with Gasteiger partial charge in [-0.3, -0.25) is 4.79 Å². The molecule has 1 amide bonds. The third kappa shape index (κ3) is 2.71. The molecule has 5 heteroatoms. The first-order chi connectivity index (χ1) is 8.47. The van der Waals surface area contributed by atoms with Gasteiger partial charge in [0.05, 0.1) is 10.7 Å². The molecule has 2 rings (SSSR count). The average molecular weight is 281 g/mol. The van der Waals surface area contributed by atoms with Crippen molar-refractivity contribution in [2.45, 2.75) is 20.8 Å². The van der Waals surface area contributed by atoms with Gasteiger partial charge in [-0.25, -0.2) is 4.98 Å². The van der Waals surface area contributed by atoms with Gasteiger partial charge in [-0.1, -0.05) is 11.6 Å². The second-order valence-corrected chi connectivity index (χ2v) is 5.70. The molecular weight excluding hydrogens is 268 g/mol. The van der Waals surface area contributed by atoms with Crippen molar-refractivity contribution in [3.8, 4) is 0 Å². The second-order valence-electron chi connectivity index (χ2n) is 4.06. The molecule has 0 spiro atoms. The van der Waals surface area contributed by atoms with Crippen molar-refractivity contribution in [3.63, 3.8) is 0 Å². The smallest absolute Gasteiger partial charge is 0.267 e. The fourth-order valence-electron chi connectivity index (χ4n) is 1.69.